The lowest BCUT2D eigenvalue weighted by atomic mass is 10.2. The minimum Gasteiger partial charge on any atom is -0.356 e. The summed E-state index contributed by atoms with van der Waals surface area (Å²) in [4.78, 5) is 11.5. The van der Waals surface area contributed by atoms with Crippen molar-refractivity contribution in [3.05, 3.63) is 42.6 Å². The molecule has 18 heavy (non-hydrogen) atoms. The summed E-state index contributed by atoms with van der Waals surface area (Å²) in [5.74, 6) is 3.77. The van der Waals surface area contributed by atoms with Crippen LogP contribution in [0, 0.1) is 11.8 Å². The maximum atomic E-state index is 4.69. The standard InChI is InChI=1S/C15H15N3/c1-2-4-11(5-3-1)15-16-7-6-14(17-15)18-9-12-8-13(12)10-18/h1-7,12-13H,8-10H2. The highest BCUT2D eigenvalue weighted by Crippen LogP contribution is 2.45. The summed E-state index contributed by atoms with van der Waals surface area (Å²) in [6.07, 6.45) is 3.29. The molecule has 3 heteroatoms. The van der Waals surface area contributed by atoms with Gasteiger partial charge in [-0.05, 0) is 24.3 Å². The molecule has 2 fully saturated rings. The van der Waals surface area contributed by atoms with Crippen LogP contribution in [0.5, 0.6) is 0 Å². The number of benzene rings is 1. The normalized spacial score (nSPS) is 25.0. The van der Waals surface area contributed by atoms with E-state index in [-0.39, 0.29) is 0 Å². The van der Waals surface area contributed by atoms with Gasteiger partial charge >= 0.3 is 0 Å². The van der Waals surface area contributed by atoms with Crippen LogP contribution in [0.15, 0.2) is 42.6 Å². The molecule has 0 N–H and O–H groups in total. The Labute approximate surface area is 107 Å². The van der Waals surface area contributed by atoms with Crippen LogP contribution in [0.4, 0.5) is 5.82 Å². The quantitative estimate of drug-likeness (QED) is 0.804. The molecule has 0 radical (unpaired) electrons. The fraction of sp³-hybridized carbons (Fsp3) is 0.333. The Balaban J connectivity index is 1.65. The lowest BCUT2D eigenvalue weighted by Crippen LogP contribution is -2.23. The Hall–Kier alpha value is -1.90. The summed E-state index contributed by atoms with van der Waals surface area (Å²) >= 11 is 0. The molecule has 2 unspecified atom stereocenters. The van der Waals surface area contributed by atoms with Gasteiger partial charge in [0.15, 0.2) is 5.82 Å². The van der Waals surface area contributed by atoms with Gasteiger partial charge in [0.2, 0.25) is 0 Å². The first-order valence-corrected chi connectivity index (χ1v) is 6.53. The number of aromatic nitrogens is 2. The average Bonchev–Trinajstić information content (AvgIpc) is 3.06. The smallest absolute Gasteiger partial charge is 0.161 e. The third-order valence-corrected chi connectivity index (χ3v) is 3.98. The molecular formula is C15H15N3. The third kappa shape index (κ3) is 1.67. The van der Waals surface area contributed by atoms with Crippen LogP contribution in [-0.2, 0) is 0 Å². The highest BCUT2D eigenvalue weighted by Gasteiger charge is 2.45. The number of hydrogen-bond acceptors (Lipinski definition) is 3. The summed E-state index contributed by atoms with van der Waals surface area (Å²) in [5.41, 5.74) is 1.09. The van der Waals surface area contributed by atoms with E-state index in [1.165, 1.54) is 19.5 Å². The predicted molar refractivity (Wildman–Crippen MR) is 71.3 cm³/mol. The van der Waals surface area contributed by atoms with Gasteiger partial charge in [0.05, 0.1) is 0 Å². The Morgan fingerprint density at radius 2 is 1.78 bits per heavy atom. The molecule has 1 saturated heterocycles. The van der Waals surface area contributed by atoms with Crippen molar-refractivity contribution in [3.63, 3.8) is 0 Å². The second kappa shape index (κ2) is 3.80. The highest BCUT2D eigenvalue weighted by atomic mass is 15.2. The van der Waals surface area contributed by atoms with E-state index in [1.807, 2.05) is 30.5 Å². The Bertz CT molecular complexity index is 557. The lowest BCUT2D eigenvalue weighted by molar-refractivity contribution is 0.803. The number of anilines is 1. The van der Waals surface area contributed by atoms with Crippen molar-refractivity contribution in [2.24, 2.45) is 11.8 Å². The topological polar surface area (TPSA) is 29.0 Å². The lowest BCUT2D eigenvalue weighted by Gasteiger charge is -2.19. The zero-order valence-electron chi connectivity index (χ0n) is 10.2. The minimum absolute atomic E-state index is 0.827. The van der Waals surface area contributed by atoms with Crippen molar-refractivity contribution in [1.29, 1.82) is 0 Å². The van der Waals surface area contributed by atoms with E-state index in [0.717, 1.165) is 29.0 Å². The van der Waals surface area contributed by atoms with E-state index < -0.39 is 0 Å². The van der Waals surface area contributed by atoms with Crippen molar-refractivity contribution < 1.29 is 0 Å². The van der Waals surface area contributed by atoms with E-state index in [0.29, 0.717) is 0 Å². The number of piperidine rings is 1. The molecule has 1 saturated carbocycles. The van der Waals surface area contributed by atoms with Crippen molar-refractivity contribution in [2.45, 2.75) is 6.42 Å². The number of fused-ring (bicyclic) bond motifs is 1. The maximum Gasteiger partial charge on any atom is 0.161 e. The average molecular weight is 237 g/mol. The van der Waals surface area contributed by atoms with Crippen molar-refractivity contribution in [2.75, 3.05) is 18.0 Å². The maximum absolute atomic E-state index is 4.69. The van der Waals surface area contributed by atoms with Crippen LogP contribution in [0.1, 0.15) is 6.42 Å². The molecule has 1 aromatic carbocycles. The van der Waals surface area contributed by atoms with Crippen LogP contribution in [-0.4, -0.2) is 23.1 Å². The third-order valence-electron chi connectivity index (χ3n) is 3.98. The van der Waals surface area contributed by atoms with Gasteiger partial charge in [-0.2, -0.15) is 0 Å². The van der Waals surface area contributed by atoms with Gasteiger partial charge in [-0.3, -0.25) is 0 Å². The summed E-state index contributed by atoms with van der Waals surface area (Å²) < 4.78 is 0. The summed E-state index contributed by atoms with van der Waals surface area (Å²) in [7, 11) is 0. The number of nitrogens with zero attached hydrogens (tertiary/aromatic N) is 3. The van der Waals surface area contributed by atoms with Crippen LogP contribution in [0.25, 0.3) is 11.4 Å². The van der Waals surface area contributed by atoms with Gasteiger partial charge in [-0.1, -0.05) is 30.3 Å². The van der Waals surface area contributed by atoms with Crippen LogP contribution in [0.3, 0.4) is 0 Å². The molecule has 2 aromatic rings. The monoisotopic (exact) mass is 237 g/mol. The zero-order chi connectivity index (χ0) is 11.9. The number of hydrogen-bond donors (Lipinski definition) is 0. The van der Waals surface area contributed by atoms with Gasteiger partial charge in [-0.15, -0.1) is 0 Å². The Morgan fingerprint density at radius 3 is 2.56 bits per heavy atom. The Morgan fingerprint density at radius 1 is 1.00 bits per heavy atom. The van der Waals surface area contributed by atoms with Crippen molar-refractivity contribution in [3.8, 4) is 11.4 Å². The molecule has 1 aromatic heterocycles. The first-order valence-electron chi connectivity index (χ1n) is 6.53. The fourth-order valence-corrected chi connectivity index (χ4v) is 2.84. The van der Waals surface area contributed by atoms with Gasteiger partial charge in [-0.25, -0.2) is 9.97 Å². The van der Waals surface area contributed by atoms with Gasteiger partial charge in [0.25, 0.3) is 0 Å². The van der Waals surface area contributed by atoms with E-state index in [2.05, 4.69) is 22.0 Å². The summed E-state index contributed by atoms with van der Waals surface area (Å²) in [5, 5.41) is 0. The predicted octanol–water partition coefficient (Wildman–Crippen LogP) is 2.60. The molecule has 2 heterocycles. The van der Waals surface area contributed by atoms with Crippen LogP contribution in [0.2, 0.25) is 0 Å². The molecule has 4 rings (SSSR count). The summed E-state index contributed by atoms with van der Waals surface area (Å²) in [6.45, 7) is 2.35. The molecule has 2 aliphatic rings. The molecule has 0 spiro atoms. The molecule has 1 aliphatic heterocycles. The SMILES string of the molecule is c1ccc(-c2nccc(N3CC4CC4C3)n2)cc1. The fourth-order valence-electron chi connectivity index (χ4n) is 2.84. The Kier molecular flexibility index (Phi) is 2.13. The largest absolute Gasteiger partial charge is 0.356 e. The van der Waals surface area contributed by atoms with Crippen molar-refractivity contribution in [1.82, 2.24) is 9.97 Å². The molecule has 90 valence electrons. The van der Waals surface area contributed by atoms with E-state index in [1.54, 1.807) is 0 Å². The zero-order valence-corrected chi connectivity index (χ0v) is 10.2. The molecule has 2 atom stereocenters. The molecular weight excluding hydrogens is 222 g/mol. The molecule has 0 amide bonds. The van der Waals surface area contributed by atoms with Gasteiger partial charge in [0.1, 0.15) is 5.82 Å². The van der Waals surface area contributed by atoms with Crippen LogP contribution >= 0.6 is 0 Å². The molecule has 0 bridgehead atoms. The van der Waals surface area contributed by atoms with E-state index in [9.17, 15) is 0 Å². The van der Waals surface area contributed by atoms with E-state index in [4.69, 9.17) is 4.98 Å². The molecule has 3 nitrogen and oxygen atoms in total. The second-order valence-corrected chi connectivity index (χ2v) is 5.27. The summed E-state index contributed by atoms with van der Waals surface area (Å²) in [6, 6.07) is 12.2. The minimum atomic E-state index is 0.827. The highest BCUT2D eigenvalue weighted by molar-refractivity contribution is 5.57. The first-order chi connectivity index (χ1) is 8.90. The second-order valence-electron chi connectivity index (χ2n) is 5.27. The van der Waals surface area contributed by atoms with E-state index >= 15 is 0 Å². The van der Waals surface area contributed by atoms with Crippen LogP contribution < -0.4 is 4.90 Å². The van der Waals surface area contributed by atoms with Gasteiger partial charge < -0.3 is 4.90 Å². The first kappa shape index (κ1) is 10.1. The van der Waals surface area contributed by atoms with Gasteiger partial charge in [0, 0.05) is 24.8 Å². The number of rotatable bonds is 2. The molecule has 1 aliphatic carbocycles. The van der Waals surface area contributed by atoms with Crippen molar-refractivity contribution >= 4 is 5.82 Å².